The summed E-state index contributed by atoms with van der Waals surface area (Å²) in [7, 11) is 0. The predicted octanol–water partition coefficient (Wildman–Crippen LogP) is 4.68. The first kappa shape index (κ1) is 13.5. The van der Waals surface area contributed by atoms with Crippen LogP contribution < -0.4 is 0 Å². The summed E-state index contributed by atoms with van der Waals surface area (Å²) in [5, 5.41) is 0. The molecule has 0 aromatic heterocycles. The SMILES string of the molecule is CC=CC(C)C(C)C(C)C(C)C=CC. The van der Waals surface area contributed by atoms with Crippen molar-refractivity contribution in [1.29, 1.82) is 0 Å². The molecule has 0 rings (SSSR count). The van der Waals surface area contributed by atoms with E-state index in [1.54, 1.807) is 0 Å². The molecule has 0 N–H and O–H groups in total. The lowest BCUT2D eigenvalue weighted by molar-refractivity contribution is 0.269. The van der Waals surface area contributed by atoms with E-state index in [9.17, 15) is 0 Å². The fourth-order valence-electron chi connectivity index (χ4n) is 1.92. The van der Waals surface area contributed by atoms with Gasteiger partial charge in [0.15, 0.2) is 0 Å². The largest absolute Gasteiger partial charge is 0.0914 e. The molecule has 0 aliphatic heterocycles. The third kappa shape index (κ3) is 4.13. The third-order valence-corrected chi connectivity index (χ3v) is 3.48. The minimum absolute atomic E-state index is 0.683. The normalized spacial score (nSPS) is 21.3. The van der Waals surface area contributed by atoms with Crippen LogP contribution in [0.5, 0.6) is 0 Å². The van der Waals surface area contributed by atoms with Crippen molar-refractivity contribution in [3.8, 4) is 0 Å². The van der Waals surface area contributed by atoms with E-state index in [1.165, 1.54) is 0 Å². The molecule has 0 spiro atoms. The number of hydrogen-bond donors (Lipinski definition) is 0. The Morgan fingerprint density at radius 2 is 0.929 bits per heavy atom. The van der Waals surface area contributed by atoms with E-state index in [0.29, 0.717) is 11.8 Å². The lowest BCUT2D eigenvalue weighted by atomic mass is 9.78. The maximum absolute atomic E-state index is 2.36. The van der Waals surface area contributed by atoms with E-state index in [1.807, 2.05) is 0 Å². The molecule has 14 heavy (non-hydrogen) atoms. The van der Waals surface area contributed by atoms with Gasteiger partial charge in [-0.3, -0.25) is 0 Å². The zero-order valence-electron chi connectivity index (χ0n) is 10.6. The van der Waals surface area contributed by atoms with Gasteiger partial charge in [-0.2, -0.15) is 0 Å². The van der Waals surface area contributed by atoms with Gasteiger partial charge in [0.2, 0.25) is 0 Å². The summed E-state index contributed by atoms with van der Waals surface area (Å²) in [6.45, 7) is 13.5. The molecule has 0 saturated carbocycles. The summed E-state index contributed by atoms with van der Waals surface area (Å²) in [5.41, 5.74) is 0. The van der Waals surface area contributed by atoms with Crippen molar-refractivity contribution in [2.45, 2.75) is 41.5 Å². The molecular formula is C14H26. The smallest absolute Gasteiger partial charge is 0.0234 e. The van der Waals surface area contributed by atoms with Crippen LogP contribution in [0.1, 0.15) is 41.5 Å². The molecular weight excluding hydrogens is 168 g/mol. The Hall–Kier alpha value is -0.520. The standard InChI is InChI=1S/C14H26/c1-7-9-11(3)13(5)14(6)12(4)10-8-2/h7-14H,1-6H3. The van der Waals surface area contributed by atoms with Gasteiger partial charge >= 0.3 is 0 Å². The average Bonchev–Trinajstić information content (AvgIpc) is 2.16. The quantitative estimate of drug-likeness (QED) is 0.557. The summed E-state index contributed by atoms with van der Waals surface area (Å²) in [4.78, 5) is 0. The van der Waals surface area contributed by atoms with Crippen LogP contribution in [0.25, 0.3) is 0 Å². The highest BCUT2D eigenvalue weighted by Crippen LogP contribution is 2.28. The molecule has 4 unspecified atom stereocenters. The number of hydrogen-bond acceptors (Lipinski definition) is 0. The highest BCUT2D eigenvalue weighted by molar-refractivity contribution is 4.92. The van der Waals surface area contributed by atoms with Crippen molar-refractivity contribution in [3.63, 3.8) is 0 Å². The van der Waals surface area contributed by atoms with Crippen molar-refractivity contribution in [2.24, 2.45) is 23.7 Å². The van der Waals surface area contributed by atoms with Gasteiger partial charge in [-0.15, -0.1) is 0 Å². The fourth-order valence-corrected chi connectivity index (χ4v) is 1.92. The molecule has 0 bridgehead atoms. The van der Waals surface area contributed by atoms with Crippen molar-refractivity contribution in [1.82, 2.24) is 0 Å². The van der Waals surface area contributed by atoms with Crippen LogP contribution in [-0.4, -0.2) is 0 Å². The topological polar surface area (TPSA) is 0 Å². The fraction of sp³-hybridized carbons (Fsp3) is 0.714. The summed E-state index contributed by atoms with van der Waals surface area (Å²) in [6, 6.07) is 0. The Labute approximate surface area is 90.1 Å². The van der Waals surface area contributed by atoms with Crippen LogP contribution in [0.15, 0.2) is 24.3 Å². The maximum atomic E-state index is 2.36. The predicted molar refractivity (Wildman–Crippen MR) is 66.3 cm³/mol. The Morgan fingerprint density at radius 3 is 1.14 bits per heavy atom. The van der Waals surface area contributed by atoms with Crippen molar-refractivity contribution >= 4 is 0 Å². The zero-order chi connectivity index (χ0) is 11.1. The van der Waals surface area contributed by atoms with Crippen LogP contribution in [0.4, 0.5) is 0 Å². The Balaban J connectivity index is 4.29. The molecule has 0 aromatic carbocycles. The second-order valence-corrected chi connectivity index (χ2v) is 4.49. The second-order valence-electron chi connectivity index (χ2n) is 4.49. The van der Waals surface area contributed by atoms with Crippen LogP contribution in [0.2, 0.25) is 0 Å². The lowest BCUT2D eigenvalue weighted by Crippen LogP contribution is -2.20. The first-order chi connectivity index (χ1) is 6.54. The van der Waals surface area contributed by atoms with Gasteiger partial charge in [-0.25, -0.2) is 0 Å². The highest BCUT2D eigenvalue weighted by Gasteiger charge is 2.20. The van der Waals surface area contributed by atoms with E-state index in [2.05, 4.69) is 65.8 Å². The number of rotatable bonds is 5. The summed E-state index contributed by atoms with van der Waals surface area (Å²) >= 11 is 0. The molecule has 4 atom stereocenters. The Kier molecular flexibility index (Phi) is 6.61. The second kappa shape index (κ2) is 6.86. The molecule has 0 fully saturated rings. The minimum atomic E-state index is 0.683. The summed E-state index contributed by atoms with van der Waals surface area (Å²) in [5.74, 6) is 2.86. The summed E-state index contributed by atoms with van der Waals surface area (Å²) in [6.07, 6.45) is 8.94. The van der Waals surface area contributed by atoms with E-state index in [0.717, 1.165) is 11.8 Å². The van der Waals surface area contributed by atoms with Crippen LogP contribution >= 0.6 is 0 Å². The molecule has 0 heteroatoms. The molecule has 0 heterocycles. The lowest BCUT2D eigenvalue weighted by Gasteiger charge is -2.27. The third-order valence-electron chi connectivity index (χ3n) is 3.48. The van der Waals surface area contributed by atoms with Gasteiger partial charge in [0.05, 0.1) is 0 Å². The first-order valence-electron chi connectivity index (χ1n) is 5.80. The highest BCUT2D eigenvalue weighted by atomic mass is 14.3. The average molecular weight is 194 g/mol. The van der Waals surface area contributed by atoms with Crippen LogP contribution in [0, 0.1) is 23.7 Å². The number of allylic oxidation sites excluding steroid dienone is 4. The molecule has 0 aliphatic carbocycles. The van der Waals surface area contributed by atoms with Gasteiger partial charge in [0, 0.05) is 0 Å². The monoisotopic (exact) mass is 194 g/mol. The zero-order valence-corrected chi connectivity index (χ0v) is 10.6. The van der Waals surface area contributed by atoms with Gasteiger partial charge in [0.1, 0.15) is 0 Å². The summed E-state index contributed by atoms with van der Waals surface area (Å²) < 4.78 is 0. The minimum Gasteiger partial charge on any atom is -0.0914 e. The molecule has 82 valence electrons. The molecule has 0 amide bonds. The van der Waals surface area contributed by atoms with E-state index < -0.39 is 0 Å². The molecule has 0 aliphatic rings. The van der Waals surface area contributed by atoms with Gasteiger partial charge in [-0.05, 0) is 37.5 Å². The Morgan fingerprint density at radius 1 is 0.643 bits per heavy atom. The molecule has 0 aromatic rings. The van der Waals surface area contributed by atoms with Crippen molar-refractivity contribution < 1.29 is 0 Å². The van der Waals surface area contributed by atoms with Gasteiger partial charge < -0.3 is 0 Å². The van der Waals surface area contributed by atoms with E-state index >= 15 is 0 Å². The molecule has 0 nitrogen and oxygen atoms in total. The van der Waals surface area contributed by atoms with Gasteiger partial charge in [0.25, 0.3) is 0 Å². The van der Waals surface area contributed by atoms with Crippen LogP contribution in [0.3, 0.4) is 0 Å². The first-order valence-corrected chi connectivity index (χ1v) is 5.80. The molecule has 0 radical (unpaired) electrons. The van der Waals surface area contributed by atoms with E-state index in [4.69, 9.17) is 0 Å². The maximum Gasteiger partial charge on any atom is -0.0234 e. The Bertz CT molecular complexity index is 166. The van der Waals surface area contributed by atoms with Crippen molar-refractivity contribution in [3.05, 3.63) is 24.3 Å². The van der Waals surface area contributed by atoms with E-state index in [-0.39, 0.29) is 0 Å². The van der Waals surface area contributed by atoms with Gasteiger partial charge in [-0.1, -0.05) is 52.0 Å². The van der Waals surface area contributed by atoms with Crippen molar-refractivity contribution in [2.75, 3.05) is 0 Å². The molecule has 0 saturated heterocycles. The van der Waals surface area contributed by atoms with Crippen LogP contribution in [-0.2, 0) is 0 Å².